The number of nitrogens with two attached hydrogens (primary N) is 1. The third kappa shape index (κ3) is 3.84. The second-order valence-corrected chi connectivity index (χ2v) is 4.54. The van der Waals surface area contributed by atoms with Crippen molar-refractivity contribution in [1.82, 2.24) is 0 Å². The van der Waals surface area contributed by atoms with Crippen LogP contribution in [0.15, 0.2) is 48.5 Å². The molecule has 0 aromatic heterocycles. The van der Waals surface area contributed by atoms with E-state index >= 15 is 0 Å². The van der Waals surface area contributed by atoms with E-state index < -0.39 is 0 Å². The Morgan fingerprint density at radius 3 is 2.55 bits per heavy atom. The number of rotatable bonds is 3. The summed E-state index contributed by atoms with van der Waals surface area (Å²) in [4.78, 5) is 2.00. The minimum Gasteiger partial charge on any atom is -0.370 e. The average Bonchev–Trinajstić information content (AvgIpc) is 2.46. The molecule has 0 radical (unpaired) electrons. The van der Waals surface area contributed by atoms with Gasteiger partial charge in [-0.15, -0.1) is 0 Å². The standard InChI is InChI=1S/C17H17FN2/c1-20(17-6-2-5-16(18)12-17)13-15-9-7-14(8-10-15)4-3-11-19/h2,5-10,12H,11,13,19H2,1H3. The van der Waals surface area contributed by atoms with E-state index in [0.29, 0.717) is 13.1 Å². The van der Waals surface area contributed by atoms with Gasteiger partial charge in [0.05, 0.1) is 6.54 Å². The maximum Gasteiger partial charge on any atom is 0.125 e. The second kappa shape index (κ2) is 6.74. The van der Waals surface area contributed by atoms with Crippen LogP contribution in [0.2, 0.25) is 0 Å². The molecule has 0 aliphatic heterocycles. The molecule has 0 unspecified atom stereocenters. The van der Waals surface area contributed by atoms with Crippen LogP contribution in [0.4, 0.5) is 10.1 Å². The monoisotopic (exact) mass is 268 g/mol. The Balaban J connectivity index is 2.06. The van der Waals surface area contributed by atoms with Crippen molar-refractivity contribution in [3.05, 3.63) is 65.5 Å². The lowest BCUT2D eigenvalue weighted by molar-refractivity contribution is 0.627. The van der Waals surface area contributed by atoms with Crippen LogP contribution in [-0.2, 0) is 6.54 Å². The van der Waals surface area contributed by atoms with Gasteiger partial charge in [0.1, 0.15) is 5.82 Å². The van der Waals surface area contributed by atoms with Crippen molar-refractivity contribution < 1.29 is 4.39 Å². The van der Waals surface area contributed by atoms with Crippen LogP contribution in [0.5, 0.6) is 0 Å². The molecule has 0 saturated carbocycles. The zero-order valence-electron chi connectivity index (χ0n) is 11.4. The van der Waals surface area contributed by atoms with Crippen molar-refractivity contribution in [3.8, 4) is 11.8 Å². The minimum atomic E-state index is -0.221. The molecule has 0 saturated heterocycles. The zero-order valence-corrected chi connectivity index (χ0v) is 11.4. The lowest BCUT2D eigenvalue weighted by Gasteiger charge is -2.19. The third-order valence-corrected chi connectivity index (χ3v) is 2.96. The van der Waals surface area contributed by atoms with E-state index in [1.54, 1.807) is 6.07 Å². The summed E-state index contributed by atoms with van der Waals surface area (Å²) in [5.74, 6) is 5.59. The van der Waals surface area contributed by atoms with Gasteiger partial charge in [0, 0.05) is 24.8 Å². The Kier molecular flexibility index (Phi) is 4.75. The lowest BCUT2D eigenvalue weighted by Crippen LogP contribution is -2.16. The summed E-state index contributed by atoms with van der Waals surface area (Å²) in [6.07, 6.45) is 0. The summed E-state index contributed by atoms with van der Waals surface area (Å²) in [7, 11) is 1.94. The highest BCUT2D eigenvalue weighted by Crippen LogP contribution is 2.16. The molecule has 0 fully saturated rings. The second-order valence-electron chi connectivity index (χ2n) is 4.54. The summed E-state index contributed by atoms with van der Waals surface area (Å²) in [5, 5.41) is 0. The molecule has 2 aromatic rings. The van der Waals surface area contributed by atoms with Crippen LogP contribution < -0.4 is 10.6 Å². The Morgan fingerprint density at radius 2 is 1.90 bits per heavy atom. The van der Waals surface area contributed by atoms with Crippen molar-refractivity contribution in [2.24, 2.45) is 5.73 Å². The smallest absolute Gasteiger partial charge is 0.125 e. The Morgan fingerprint density at radius 1 is 1.15 bits per heavy atom. The summed E-state index contributed by atoms with van der Waals surface area (Å²) in [6, 6.07) is 14.6. The van der Waals surface area contributed by atoms with Gasteiger partial charge in [-0.1, -0.05) is 30.0 Å². The molecule has 3 heteroatoms. The highest BCUT2D eigenvalue weighted by Gasteiger charge is 2.03. The van der Waals surface area contributed by atoms with E-state index in [4.69, 9.17) is 5.73 Å². The molecule has 0 aliphatic carbocycles. The van der Waals surface area contributed by atoms with E-state index in [-0.39, 0.29) is 5.82 Å². The molecule has 2 N–H and O–H groups in total. The largest absolute Gasteiger partial charge is 0.370 e. The van der Waals surface area contributed by atoms with Gasteiger partial charge >= 0.3 is 0 Å². The minimum absolute atomic E-state index is 0.221. The molecular weight excluding hydrogens is 251 g/mol. The first-order valence-corrected chi connectivity index (χ1v) is 6.43. The highest BCUT2D eigenvalue weighted by molar-refractivity contribution is 5.46. The van der Waals surface area contributed by atoms with Crippen molar-refractivity contribution in [1.29, 1.82) is 0 Å². The van der Waals surface area contributed by atoms with Gasteiger partial charge in [-0.2, -0.15) is 0 Å². The van der Waals surface area contributed by atoms with Crippen LogP contribution in [0, 0.1) is 17.7 Å². The maximum atomic E-state index is 13.2. The number of benzene rings is 2. The fourth-order valence-electron chi connectivity index (χ4n) is 1.93. The first-order chi connectivity index (χ1) is 9.69. The average molecular weight is 268 g/mol. The molecule has 102 valence electrons. The predicted octanol–water partition coefficient (Wildman–Crippen LogP) is 2.77. The Bertz CT molecular complexity index is 623. The first-order valence-electron chi connectivity index (χ1n) is 6.43. The van der Waals surface area contributed by atoms with Crippen molar-refractivity contribution in [2.45, 2.75) is 6.54 Å². The van der Waals surface area contributed by atoms with Crippen molar-refractivity contribution in [2.75, 3.05) is 18.5 Å². The van der Waals surface area contributed by atoms with E-state index in [1.807, 2.05) is 42.3 Å². The lowest BCUT2D eigenvalue weighted by atomic mass is 10.1. The number of hydrogen-bond donors (Lipinski definition) is 1. The molecule has 0 bridgehead atoms. The number of halogens is 1. The van der Waals surface area contributed by atoms with Crippen LogP contribution in [-0.4, -0.2) is 13.6 Å². The summed E-state index contributed by atoms with van der Waals surface area (Å²) in [5.41, 5.74) is 8.30. The Hall–Kier alpha value is -2.31. The molecule has 0 spiro atoms. The van der Waals surface area contributed by atoms with Gasteiger partial charge in [-0.05, 0) is 35.9 Å². The number of anilines is 1. The van der Waals surface area contributed by atoms with Crippen LogP contribution in [0.3, 0.4) is 0 Å². The first kappa shape index (κ1) is 14.1. The molecule has 0 heterocycles. The molecular formula is C17H17FN2. The summed E-state index contributed by atoms with van der Waals surface area (Å²) < 4.78 is 13.2. The van der Waals surface area contributed by atoms with E-state index in [0.717, 1.165) is 16.8 Å². The van der Waals surface area contributed by atoms with Gasteiger partial charge in [0.2, 0.25) is 0 Å². The maximum absolute atomic E-state index is 13.2. The van der Waals surface area contributed by atoms with E-state index in [9.17, 15) is 4.39 Å². The molecule has 2 rings (SSSR count). The molecule has 0 amide bonds. The highest BCUT2D eigenvalue weighted by atomic mass is 19.1. The van der Waals surface area contributed by atoms with Crippen LogP contribution in [0.25, 0.3) is 0 Å². The topological polar surface area (TPSA) is 29.3 Å². The summed E-state index contributed by atoms with van der Waals surface area (Å²) in [6.45, 7) is 1.08. The van der Waals surface area contributed by atoms with Gasteiger partial charge in [-0.25, -0.2) is 4.39 Å². The van der Waals surface area contributed by atoms with Gasteiger partial charge < -0.3 is 10.6 Å². The normalized spacial score (nSPS) is 9.75. The Labute approximate surface area is 119 Å². The fraction of sp³-hybridized carbons (Fsp3) is 0.176. The van der Waals surface area contributed by atoms with E-state index in [2.05, 4.69) is 11.8 Å². The SMILES string of the molecule is CN(Cc1ccc(C#CCN)cc1)c1cccc(F)c1. The quantitative estimate of drug-likeness (QED) is 0.867. The summed E-state index contributed by atoms with van der Waals surface area (Å²) >= 11 is 0. The van der Waals surface area contributed by atoms with Crippen LogP contribution >= 0.6 is 0 Å². The fourth-order valence-corrected chi connectivity index (χ4v) is 1.93. The molecule has 0 atom stereocenters. The molecule has 20 heavy (non-hydrogen) atoms. The van der Waals surface area contributed by atoms with Gasteiger partial charge in [-0.3, -0.25) is 0 Å². The van der Waals surface area contributed by atoms with Gasteiger partial charge in [0.15, 0.2) is 0 Å². The molecule has 2 nitrogen and oxygen atoms in total. The number of nitrogens with zero attached hydrogens (tertiary/aromatic N) is 1. The van der Waals surface area contributed by atoms with E-state index in [1.165, 1.54) is 12.1 Å². The third-order valence-electron chi connectivity index (χ3n) is 2.96. The van der Waals surface area contributed by atoms with Gasteiger partial charge in [0.25, 0.3) is 0 Å². The number of hydrogen-bond acceptors (Lipinski definition) is 2. The van der Waals surface area contributed by atoms with Crippen molar-refractivity contribution >= 4 is 5.69 Å². The molecule has 0 aliphatic rings. The zero-order chi connectivity index (χ0) is 14.4. The molecule has 2 aromatic carbocycles. The van der Waals surface area contributed by atoms with Crippen molar-refractivity contribution in [3.63, 3.8) is 0 Å². The predicted molar refractivity (Wildman–Crippen MR) is 80.9 cm³/mol. The van der Waals surface area contributed by atoms with Crippen LogP contribution in [0.1, 0.15) is 11.1 Å².